The minimum atomic E-state index is 0.176. The number of nitrogens with two attached hydrogens (primary N) is 1. The van der Waals surface area contributed by atoms with Crippen molar-refractivity contribution in [3.63, 3.8) is 0 Å². The van der Waals surface area contributed by atoms with E-state index in [1.54, 1.807) is 0 Å². The van der Waals surface area contributed by atoms with E-state index in [2.05, 4.69) is 30.8 Å². The Bertz CT molecular complexity index is 466. The van der Waals surface area contributed by atoms with Crippen molar-refractivity contribution >= 4 is 29.2 Å². The van der Waals surface area contributed by atoms with E-state index in [9.17, 15) is 0 Å². The molecule has 4 heteroatoms. The molecule has 0 bridgehead atoms. The fraction of sp³-hybridized carbons (Fsp3) is 0.625. The summed E-state index contributed by atoms with van der Waals surface area (Å²) in [7, 11) is 0. The van der Waals surface area contributed by atoms with Crippen LogP contribution in [-0.4, -0.2) is 29.0 Å². The number of hydrogen-bond donors (Lipinski definition) is 1. The van der Waals surface area contributed by atoms with E-state index in [1.807, 2.05) is 17.8 Å². The Balaban J connectivity index is 1.69. The summed E-state index contributed by atoms with van der Waals surface area (Å²) >= 11 is 4.07. The Morgan fingerprint density at radius 2 is 2.15 bits per heavy atom. The number of rotatable bonds is 2. The van der Waals surface area contributed by atoms with Crippen molar-refractivity contribution in [3.05, 3.63) is 23.8 Å². The number of anilines is 1. The highest BCUT2D eigenvalue weighted by Crippen LogP contribution is 2.43. The van der Waals surface area contributed by atoms with E-state index in [0.717, 1.165) is 18.7 Å². The van der Waals surface area contributed by atoms with Crippen molar-refractivity contribution in [1.82, 2.24) is 0 Å². The monoisotopic (exact) mass is 309 g/mol. The average molecular weight is 310 g/mol. The number of benzene rings is 1. The second-order valence-corrected chi connectivity index (χ2v) is 8.47. The Hall–Kier alpha value is -0.320. The topological polar surface area (TPSA) is 35.2 Å². The summed E-state index contributed by atoms with van der Waals surface area (Å²) in [5.41, 5.74) is 8.31. The van der Waals surface area contributed by atoms with Crippen LogP contribution in [0, 0.1) is 6.92 Å². The van der Waals surface area contributed by atoms with E-state index in [0.29, 0.717) is 5.25 Å². The van der Waals surface area contributed by atoms with Gasteiger partial charge in [0.25, 0.3) is 0 Å². The molecule has 0 aromatic heterocycles. The summed E-state index contributed by atoms with van der Waals surface area (Å²) in [6, 6.07) is 6.24. The number of thioether (sulfide) groups is 2. The molecule has 2 aliphatic rings. The first-order valence-electron chi connectivity index (χ1n) is 7.41. The van der Waals surface area contributed by atoms with Crippen LogP contribution in [-0.2, 0) is 4.74 Å². The molecule has 110 valence electrons. The molecule has 2 saturated heterocycles. The minimum Gasteiger partial charge on any atom is -0.399 e. The molecule has 2 nitrogen and oxygen atoms in total. The lowest BCUT2D eigenvalue weighted by atomic mass is 9.88. The first kappa shape index (κ1) is 14.6. The van der Waals surface area contributed by atoms with Crippen LogP contribution in [0.4, 0.5) is 5.69 Å². The van der Waals surface area contributed by atoms with Gasteiger partial charge in [0, 0.05) is 22.4 Å². The highest BCUT2D eigenvalue weighted by atomic mass is 32.2. The second kappa shape index (κ2) is 6.20. The molecule has 1 spiro atoms. The molecule has 2 fully saturated rings. The van der Waals surface area contributed by atoms with Crippen LogP contribution in [0.15, 0.2) is 23.1 Å². The molecule has 3 rings (SSSR count). The van der Waals surface area contributed by atoms with Crippen LogP contribution in [0.1, 0.15) is 31.2 Å². The van der Waals surface area contributed by atoms with Crippen molar-refractivity contribution in [3.8, 4) is 0 Å². The van der Waals surface area contributed by atoms with Crippen LogP contribution in [0.5, 0.6) is 0 Å². The van der Waals surface area contributed by atoms with Crippen LogP contribution in [0.25, 0.3) is 0 Å². The summed E-state index contributed by atoms with van der Waals surface area (Å²) in [6.07, 6.45) is 4.82. The Kier molecular flexibility index (Phi) is 4.53. The molecule has 0 saturated carbocycles. The zero-order valence-electron chi connectivity index (χ0n) is 12.1. The maximum absolute atomic E-state index is 6.18. The van der Waals surface area contributed by atoms with Gasteiger partial charge in [0.15, 0.2) is 0 Å². The molecule has 2 aliphatic heterocycles. The summed E-state index contributed by atoms with van der Waals surface area (Å²) < 4.78 is 6.18. The average Bonchev–Trinajstić information content (AvgIpc) is 2.44. The third-order valence-corrected chi connectivity index (χ3v) is 6.77. The van der Waals surface area contributed by atoms with Gasteiger partial charge in [0.1, 0.15) is 0 Å². The highest BCUT2D eigenvalue weighted by molar-refractivity contribution is 8.00. The fourth-order valence-electron chi connectivity index (χ4n) is 3.10. The SMILES string of the molecule is Cc1ccc(N)cc1SC1CCOC2(CCSCC2)C1. The van der Waals surface area contributed by atoms with Crippen LogP contribution in [0.2, 0.25) is 0 Å². The van der Waals surface area contributed by atoms with Gasteiger partial charge in [-0.3, -0.25) is 0 Å². The maximum Gasteiger partial charge on any atom is 0.0709 e. The predicted molar refractivity (Wildman–Crippen MR) is 89.7 cm³/mol. The molecule has 0 amide bonds. The molecule has 1 unspecified atom stereocenters. The molecule has 2 N–H and O–H groups in total. The van der Waals surface area contributed by atoms with Gasteiger partial charge in [0.05, 0.1) is 5.60 Å². The lowest BCUT2D eigenvalue weighted by molar-refractivity contribution is -0.0804. The van der Waals surface area contributed by atoms with E-state index in [-0.39, 0.29) is 5.60 Å². The second-order valence-electron chi connectivity index (χ2n) is 5.90. The molecular formula is C16H23NOS2. The normalized spacial score (nSPS) is 25.8. The summed E-state index contributed by atoms with van der Waals surface area (Å²) in [4.78, 5) is 1.34. The summed E-state index contributed by atoms with van der Waals surface area (Å²) in [6.45, 7) is 3.10. The molecule has 1 aromatic carbocycles. The fourth-order valence-corrected chi connectivity index (χ4v) is 5.75. The van der Waals surface area contributed by atoms with Crippen LogP contribution in [0.3, 0.4) is 0 Å². The Morgan fingerprint density at radius 3 is 2.95 bits per heavy atom. The lowest BCUT2D eigenvalue weighted by Crippen LogP contribution is -2.43. The third kappa shape index (κ3) is 3.29. The molecule has 1 atom stereocenters. The first-order valence-corrected chi connectivity index (χ1v) is 9.45. The van der Waals surface area contributed by atoms with Crippen molar-refractivity contribution < 1.29 is 4.74 Å². The van der Waals surface area contributed by atoms with Crippen molar-refractivity contribution in [1.29, 1.82) is 0 Å². The Labute approximate surface area is 130 Å². The maximum atomic E-state index is 6.18. The molecule has 20 heavy (non-hydrogen) atoms. The van der Waals surface area contributed by atoms with E-state index < -0.39 is 0 Å². The van der Waals surface area contributed by atoms with Gasteiger partial charge in [-0.1, -0.05) is 6.07 Å². The van der Waals surface area contributed by atoms with Gasteiger partial charge in [-0.2, -0.15) is 11.8 Å². The van der Waals surface area contributed by atoms with Gasteiger partial charge in [0.2, 0.25) is 0 Å². The summed E-state index contributed by atoms with van der Waals surface area (Å²) in [5.74, 6) is 2.52. The minimum absolute atomic E-state index is 0.176. The van der Waals surface area contributed by atoms with Crippen LogP contribution < -0.4 is 5.73 Å². The number of aryl methyl sites for hydroxylation is 1. The van der Waals surface area contributed by atoms with Crippen molar-refractivity contribution in [2.24, 2.45) is 0 Å². The lowest BCUT2D eigenvalue weighted by Gasteiger charge is -2.43. The van der Waals surface area contributed by atoms with Gasteiger partial charge in [-0.15, -0.1) is 11.8 Å². The largest absolute Gasteiger partial charge is 0.399 e. The van der Waals surface area contributed by atoms with Gasteiger partial charge in [-0.25, -0.2) is 0 Å². The van der Waals surface area contributed by atoms with E-state index in [1.165, 1.54) is 41.2 Å². The quantitative estimate of drug-likeness (QED) is 0.834. The zero-order valence-corrected chi connectivity index (χ0v) is 13.7. The van der Waals surface area contributed by atoms with Crippen LogP contribution >= 0.6 is 23.5 Å². The summed E-state index contributed by atoms with van der Waals surface area (Å²) in [5, 5.41) is 0.673. The molecule has 1 aromatic rings. The van der Waals surface area contributed by atoms with Gasteiger partial charge >= 0.3 is 0 Å². The third-order valence-electron chi connectivity index (χ3n) is 4.36. The van der Waals surface area contributed by atoms with Gasteiger partial charge < -0.3 is 10.5 Å². The number of ether oxygens (including phenoxy) is 1. The molecule has 0 radical (unpaired) electrons. The Morgan fingerprint density at radius 1 is 1.35 bits per heavy atom. The number of hydrogen-bond acceptors (Lipinski definition) is 4. The smallest absolute Gasteiger partial charge is 0.0709 e. The van der Waals surface area contributed by atoms with E-state index in [4.69, 9.17) is 10.5 Å². The zero-order chi connectivity index (χ0) is 14.0. The molecule has 2 heterocycles. The first-order chi connectivity index (χ1) is 9.67. The number of nitrogen functional groups attached to an aromatic ring is 1. The van der Waals surface area contributed by atoms with Gasteiger partial charge in [-0.05, 0) is 61.8 Å². The highest BCUT2D eigenvalue weighted by Gasteiger charge is 2.39. The standard InChI is InChI=1S/C16H23NOS2/c1-12-2-3-13(17)10-15(12)20-14-4-7-18-16(11-14)5-8-19-9-6-16/h2-3,10,14H,4-9,11,17H2,1H3. The molecule has 0 aliphatic carbocycles. The van der Waals surface area contributed by atoms with Crippen molar-refractivity contribution in [2.75, 3.05) is 23.8 Å². The predicted octanol–water partition coefficient (Wildman–Crippen LogP) is 4.11. The van der Waals surface area contributed by atoms with E-state index >= 15 is 0 Å². The molecular weight excluding hydrogens is 286 g/mol. The van der Waals surface area contributed by atoms with Crippen molar-refractivity contribution in [2.45, 2.75) is 48.4 Å².